The van der Waals surface area contributed by atoms with Crippen LogP contribution in [0.3, 0.4) is 0 Å². The fraction of sp³-hybridized carbons (Fsp3) is 0.486. The van der Waals surface area contributed by atoms with Crippen LogP contribution in [0.1, 0.15) is 103 Å². The summed E-state index contributed by atoms with van der Waals surface area (Å²) in [6.07, 6.45) is 17.0. The Hall–Kier alpha value is -3.39. The van der Waals surface area contributed by atoms with Gasteiger partial charge in [-0.1, -0.05) is 126 Å². The molecule has 0 saturated heterocycles. The minimum atomic E-state index is -3.87. The predicted molar refractivity (Wildman–Crippen MR) is 178 cm³/mol. The smallest absolute Gasteiger partial charge is 0.261 e. The predicted octanol–water partition coefficient (Wildman–Crippen LogP) is 8.57. The lowest BCUT2D eigenvalue weighted by Crippen LogP contribution is -2.27. The molecule has 3 aromatic rings. The largest absolute Gasteiger partial charge is 0.356 e. The Labute approximate surface area is 258 Å². The summed E-state index contributed by atoms with van der Waals surface area (Å²) in [4.78, 5) is 24.7. The van der Waals surface area contributed by atoms with E-state index in [-0.39, 0.29) is 29.7 Å². The van der Waals surface area contributed by atoms with Crippen LogP contribution >= 0.6 is 0 Å². The van der Waals surface area contributed by atoms with Crippen molar-refractivity contribution in [3.8, 4) is 0 Å². The fourth-order valence-electron chi connectivity index (χ4n) is 5.19. The van der Waals surface area contributed by atoms with Crippen LogP contribution in [0.25, 0.3) is 10.8 Å². The molecule has 8 heteroatoms. The highest BCUT2D eigenvalue weighted by atomic mass is 32.2. The minimum absolute atomic E-state index is 0.0384. The molecule has 0 bridgehead atoms. The number of anilines is 2. The first-order valence-corrected chi connectivity index (χ1v) is 17.5. The Bertz CT molecular complexity index is 1390. The van der Waals surface area contributed by atoms with Crippen molar-refractivity contribution in [1.29, 1.82) is 0 Å². The number of nitrogens with one attached hydrogen (secondary N) is 3. The molecule has 0 radical (unpaired) electrons. The fourth-order valence-corrected chi connectivity index (χ4v) is 6.31. The molecule has 3 rings (SSSR count). The van der Waals surface area contributed by atoms with Crippen molar-refractivity contribution in [1.82, 2.24) is 5.32 Å². The highest BCUT2D eigenvalue weighted by molar-refractivity contribution is 7.92. The standard InChI is InChI=1S/C35H49N3O4S/c1-2-3-4-5-6-7-8-9-10-11-12-13-14-25-34(39)36-27-26-35(40)37-30-21-18-22-31(28-30)43(41,42)38-33-24-17-20-29-19-15-16-23-32(29)33/h15-24,28,38H,2-14,25-27H2,1H3,(H,36,39)(H,37,40). The molecule has 43 heavy (non-hydrogen) atoms. The van der Waals surface area contributed by atoms with Gasteiger partial charge in [0.05, 0.1) is 10.6 Å². The van der Waals surface area contributed by atoms with E-state index in [1.165, 1.54) is 82.8 Å². The van der Waals surface area contributed by atoms with Crippen molar-refractivity contribution in [3.05, 3.63) is 66.7 Å². The zero-order chi connectivity index (χ0) is 30.8. The van der Waals surface area contributed by atoms with Gasteiger partial charge in [0.1, 0.15) is 0 Å². The van der Waals surface area contributed by atoms with Gasteiger partial charge in [-0.25, -0.2) is 8.42 Å². The molecule has 0 heterocycles. The zero-order valence-corrected chi connectivity index (χ0v) is 26.5. The molecule has 3 aromatic carbocycles. The first-order valence-electron chi connectivity index (χ1n) is 16.1. The number of carbonyl (C=O) groups excluding carboxylic acids is 2. The van der Waals surface area contributed by atoms with Crippen LogP contribution in [-0.2, 0) is 19.6 Å². The monoisotopic (exact) mass is 607 g/mol. The van der Waals surface area contributed by atoms with Crippen molar-refractivity contribution in [2.75, 3.05) is 16.6 Å². The van der Waals surface area contributed by atoms with Crippen molar-refractivity contribution in [2.24, 2.45) is 0 Å². The van der Waals surface area contributed by atoms with Gasteiger partial charge in [-0.2, -0.15) is 0 Å². The van der Waals surface area contributed by atoms with Crippen molar-refractivity contribution in [3.63, 3.8) is 0 Å². The average molecular weight is 608 g/mol. The molecule has 0 spiro atoms. The third kappa shape index (κ3) is 12.8. The summed E-state index contributed by atoms with van der Waals surface area (Å²) in [7, 11) is -3.87. The third-order valence-corrected chi connectivity index (χ3v) is 9.01. The molecule has 3 N–H and O–H groups in total. The number of hydrogen-bond acceptors (Lipinski definition) is 4. The number of hydrogen-bond donors (Lipinski definition) is 3. The van der Waals surface area contributed by atoms with Crippen LogP contribution in [0, 0.1) is 0 Å². The molecule has 0 saturated carbocycles. The molecule has 0 aliphatic carbocycles. The van der Waals surface area contributed by atoms with E-state index in [2.05, 4.69) is 22.3 Å². The van der Waals surface area contributed by atoms with Gasteiger partial charge in [0.2, 0.25) is 11.8 Å². The number of fused-ring (bicyclic) bond motifs is 1. The Morgan fingerprint density at radius 1 is 0.651 bits per heavy atom. The quantitative estimate of drug-likeness (QED) is 0.106. The zero-order valence-electron chi connectivity index (χ0n) is 25.7. The van der Waals surface area contributed by atoms with Crippen LogP contribution in [0.2, 0.25) is 0 Å². The van der Waals surface area contributed by atoms with Crippen LogP contribution in [-0.4, -0.2) is 26.8 Å². The van der Waals surface area contributed by atoms with Crippen LogP contribution in [0.5, 0.6) is 0 Å². The lowest BCUT2D eigenvalue weighted by molar-refractivity contribution is -0.121. The normalized spacial score (nSPS) is 11.4. The number of amides is 2. The molecule has 2 amide bonds. The van der Waals surface area contributed by atoms with E-state index in [4.69, 9.17) is 0 Å². The summed E-state index contributed by atoms with van der Waals surface area (Å²) in [6.45, 7) is 2.49. The first kappa shape index (κ1) is 34.1. The van der Waals surface area contributed by atoms with Gasteiger partial charge in [-0.15, -0.1) is 0 Å². The van der Waals surface area contributed by atoms with Crippen LogP contribution < -0.4 is 15.4 Å². The maximum absolute atomic E-state index is 13.1. The molecule has 0 atom stereocenters. The van der Waals surface area contributed by atoms with E-state index < -0.39 is 10.0 Å². The van der Waals surface area contributed by atoms with Gasteiger partial charge in [0.25, 0.3) is 10.0 Å². The summed E-state index contributed by atoms with van der Waals surface area (Å²) in [5.74, 6) is -0.332. The van der Waals surface area contributed by atoms with Crippen molar-refractivity contribution >= 4 is 44.0 Å². The van der Waals surface area contributed by atoms with Gasteiger partial charge in [0, 0.05) is 30.5 Å². The number of benzene rings is 3. The van der Waals surface area contributed by atoms with Gasteiger partial charge < -0.3 is 10.6 Å². The van der Waals surface area contributed by atoms with E-state index in [1.807, 2.05) is 30.3 Å². The number of unbranched alkanes of at least 4 members (excludes halogenated alkanes) is 12. The second-order valence-electron chi connectivity index (χ2n) is 11.3. The molecule has 0 aliphatic heterocycles. The second-order valence-corrected chi connectivity index (χ2v) is 13.0. The summed E-state index contributed by atoms with van der Waals surface area (Å²) in [5.41, 5.74) is 0.867. The molecular formula is C35H49N3O4S. The van der Waals surface area contributed by atoms with Gasteiger partial charge in [-0.05, 0) is 36.1 Å². The van der Waals surface area contributed by atoms with E-state index in [1.54, 1.807) is 24.3 Å². The van der Waals surface area contributed by atoms with E-state index in [0.29, 0.717) is 17.8 Å². The maximum Gasteiger partial charge on any atom is 0.261 e. The molecule has 234 valence electrons. The Morgan fingerprint density at radius 2 is 1.26 bits per heavy atom. The molecule has 0 fully saturated rings. The topological polar surface area (TPSA) is 104 Å². The van der Waals surface area contributed by atoms with Gasteiger partial charge in [-0.3, -0.25) is 14.3 Å². The minimum Gasteiger partial charge on any atom is -0.356 e. The highest BCUT2D eigenvalue weighted by Gasteiger charge is 2.16. The Kier molecular flexibility index (Phi) is 15.1. The average Bonchev–Trinajstić information content (AvgIpc) is 2.99. The van der Waals surface area contributed by atoms with E-state index in [9.17, 15) is 18.0 Å². The first-order chi connectivity index (χ1) is 20.9. The van der Waals surface area contributed by atoms with E-state index in [0.717, 1.165) is 23.6 Å². The SMILES string of the molecule is CCCCCCCCCCCCCCCC(=O)NCCC(=O)Nc1cccc(S(=O)(=O)Nc2cccc3ccccc23)c1. The number of rotatable bonds is 21. The van der Waals surface area contributed by atoms with E-state index >= 15 is 0 Å². The molecule has 0 unspecified atom stereocenters. The van der Waals surface area contributed by atoms with Crippen molar-refractivity contribution in [2.45, 2.75) is 108 Å². The Balaban J connectivity index is 1.29. The van der Waals surface area contributed by atoms with Crippen LogP contribution in [0.4, 0.5) is 11.4 Å². The third-order valence-electron chi connectivity index (χ3n) is 7.64. The maximum atomic E-state index is 13.1. The lowest BCUT2D eigenvalue weighted by Gasteiger charge is -2.12. The Morgan fingerprint density at radius 3 is 1.95 bits per heavy atom. The van der Waals surface area contributed by atoms with Crippen LogP contribution in [0.15, 0.2) is 71.6 Å². The van der Waals surface area contributed by atoms with Gasteiger partial charge in [0.15, 0.2) is 0 Å². The number of sulfonamides is 1. The summed E-state index contributed by atoms with van der Waals surface area (Å²) in [6, 6.07) is 19.1. The second kappa shape index (κ2) is 19.0. The molecule has 7 nitrogen and oxygen atoms in total. The number of carbonyl (C=O) groups is 2. The molecule has 0 aromatic heterocycles. The molecule has 0 aliphatic rings. The summed E-state index contributed by atoms with van der Waals surface area (Å²) < 4.78 is 28.8. The lowest BCUT2D eigenvalue weighted by atomic mass is 10.0. The summed E-state index contributed by atoms with van der Waals surface area (Å²) >= 11 is 0. The highest BCUT2D eigenvalue weighted by Crippen LogP contribution is 2.26. The summed E-state index contributed by atoms with van der Waals surface area (Å²) in [5, 5.41) is 7.28. The van der Waals surface area contributed by atoms with Crippen molar-refractivity contribution < 1.29 is 18.0 Å². The molecular weight excluding hydrogens is 558 g/mol. The van der Waals surface area contributed by atoms with Gasteiger partial charge >= 0.3 is 0 Å².